The number of halogens is 1. The highest BCUT2D eigenvalue weighted by molar-refractivity contribution is 7.90. The van der Waals surface area contributed by atoms with Crippen molar-refractivity contribution in [3.05, 3.63) is 100 Å². The second-order valence-corrected chi connectivity index (χ2v) is 14.4. The van der Waals surface area contributed by atoms with Crippen molar-refractivity contribution in [1.29, 1.82) is 0 Å². The van der Waals surface area contributed by atoms with Crippen molar-refractivity contribution < 1.29 is 27.9 Å². The monoisotopic (exact) mass is 639 g/mol. The third-order valence-electron chi connectivity index (χ3n) is 8.22. The second kappa shape index (κ2) is 12.7. The average molecular weight is 640 g/mol. The van der Waals surface area contributed by atoms with Crippen molar-refractivity contribution in [2.24, 2.45) is 11.3 Å². The van der Waals surface area contributed by atoms with Crippen LogP contribution in [0, 0.1) is 18.3 Å². The van der Waals surface area contributed by atoms with Gasteiger partial charge < -0.3 is 15.3 Å². The molecule has 234 valence electrons. The molecule has 1 fully saturated rings. The Kier molecular flexibility index (Phi) is 9.58. The van der Waals surface area contributed by atoms with Crippen LogP contribution in [0.15, 0.2) is 77.7 Å². The van der Waals surface area contributed by atoms with Gasteiger partial charge in [0.15, 0.2) is 0 Å². The topological polar surface area (TPSA) is 133 Å². The molecule has 0 bridgehead atoms. The number of carbonyl (C=O) groups is 3. The first-order valence-corrected chi connectivity index (χ1v) is 16.2. The summed E-state index contributed by atoms with van der Waals surface area (Å²) >= 11 is 6.05. The Hall–Kier alpha value is -3.73. The molecule has 0 aliphatic carbocycles. The van der Waals surface area contributed by atoms with Gasteiger partial charge in [0.05, 0.1) is 10.5 Å². The number of hydrogen-bond acceptors (Lipinski definition) is 6. The van der Waals surface area contributed by atoms with E-state index in [9.17, 15) is 27.9 Å². The molecular weight excluding hydrogens is 602 g/mol. The zero-order chi connectivity index (χ0) is 32.4. The molecule has 4 rings (SSSR count). The summed E-state index contributed by atoms with van der Waals surface area (Å²) in [7, 11) is -4.13. The van der Waals surface area contributed by atoms with Gasteiger partial charge in [-0.2, -0.15) is 0 Å². The van der Waals surface area contributed by atoms with Crippen LogP contribution >= 0.6 is 11.6 Å². The Morgan fingerprint density at radius 1 is 0.932 bits per heavy atom. The minimum absolute atomic E-state index is 0.0273. The molecule has 0 aromatic heterocycles. The molecule has 44 heavy (non-hydrogen) atoms. The summed E-state index contributed by atoms with van der Waals surface area (Å²) in [6, 6.07) is 18.0. The van der Waals surface area contributed by atoms with Crippen LogP contribution in [0.25, 0.3) is 0 Å². The first-order chi connectivity index (χ1) is 20.5. The molecular formula is C33H38ClN3O6S. The fourth-order valence-electron chi connectivity index (χ4n) is 5.53. The van der Waals surface area contributed by atoms with Gasteiger partial charge in [-0.15, -0.1) is 0 Å². The Labute approximate surface area is 263 Å². The van der Waals surface area contributed by atoms with Gasteiger partial charge in [0.2, 0.25) is 5.91 Å². The predicted molar refractivity (Wildman–Crippen MR) is 169 cm³/mol. The van der Waals surface area contributed by atoms with Crippen LogP contribution in [0.4, 0.5) is 0 Å². The standard InChI is InChI=1S/C33H38ClN3O6S/c1-21(2)28(31(40)37-17-16-33(41,32(4,5)20-37)25-12-14-26(34)15-13-25)35-29(38)23-9-7-10-24(19-23)30(39)36-44(42,43)27-11-6-8-22(3)18-27/h6-15,18-19,21,28,41H,16-17,20H2,1-5H3,(H,35,38)(H,36,39)/t28-,33+/m1/s1. The number of benzene rings is 3. The second-order valence-electron chi connectivity index (χ2n) is 12.3. The number of sulfonamides is 1. The van der Waals surface area contributed by atoms with Gasteiger partial charge in [0, 0.05) is 34.7 Å². The van der Waals surface area contributed by atoms with Gasteiger partial charge in [-0.05, 0) is 72.9 Å². The number of carbonyl (C=O) groups excluding carboxylic acids is 3. The molecule has 3 aromatic carbocycles. The summed E-state index contributed by atoms with van der Waals surface area (Å²) < 4.78 is 27.5. The van der Waals surface area contributed by atoms with Crippen LogP contribution < -0.4 is 10.0 Å². The molecule has 0 saturated carbocycles. The lowest BCUT2D eigenvalue weighted by Gasteiger charge is -2.51. The highest BCUT2D eigenvalue weighted by Crippen LogP contribution is 2.46. The minimum Gasteiger partial charge on any atom is -0.384 e. The largest absolute Gasteiger partial charge is 0.384 e. The molecule has 1 saturated heterocycles. The van der Waals surface area contributed by atoms with Crippen molar-refractivity contribution >= 4 is 39.3 Å². The number of nitrogens with zero attached hydrogens (tertiary/aromatic N) is 1. The van der Waals surface area contributed by atoms with Gasteiger partial charge in [-0.1, -0.05) is 69.6 Å². The van der Waals surface area contributed by atoms with E-state index in [1.165, 1.54) is 36.4 Å². The first kappa shape index (κ1) is 33.2. The summed E-state index contributed by atoms with van der Waals surface area (Å²) in [5.74, 6) is -2.01. The maximum atomic E-state index is 13.8. The van der Waals surface area contributed by atoms with Gasteiger partial charge in [0.25, 0.3) is 21.8 Å². The van der Waals surface area contributed by atoms with Crippen LogP contribution in [0.3, 0.4) is 0 Å². The van der Waals surface area contributed by atoms with Gasteiger partial charge >= 0.3 is 0 Å². The number of likely N-dealkylation sites (tertiary alicyclic amines) is 1. The quantitative estimate of drug-likeness (QED) is 0.328. The van der Waals surface area contributed by atoms with Crippen molar-refractivity contribution in [3.63, 3.8) is 0 Å². The van der Waals surface area contributed by atoms with Crippen LogP contribution in [0.1, 0.15) is 66.0 Å². The SMILES string of the molecule is Cc1cccc(S(=O)(=O)NC(=O)c2cccc(C(=O)N[C@@H](C(=O)N3CC[C@](O)(c4ccc(Cl)cc4)C(C)(C)C3)C(C)C)c2)c1. The van der Waals surface area contributed by atoms with Crippen molar-refractivity contribution in [1.82, 2.24) is 14.9 Å². The van der Waals surface area contributed by atoms with Gasteiger partial charge in [-0.25, -0.2) is 13.1 Å². The zero-order valence-corrected chi connectivity index (χ0v) is 27.0. The molecule has 9 nitrogen and oxygen atoms in total. The van der Waals surface area contributed by atoms with Crippen molar-refractivity contribution in [2.75, 3.05) is 13.1 Å². The molecule has 0 spiro atoms. The number of hydrogen-bond donors (Lipinski definition) is 3. The van der Waals surface area contributed by atoms with E-state index in [2.05, 4.69) is 5.32 Å². The highest BCUT2D eigenvalue weighted by atomic mass is 35.5. The molecule has 0 radical (unpaired) electrons. The fourth-order valence-corrected chi connectivity index (χ4v) is 6.73. The van der Waals surface area contributed by atoms with E-state index in [-0.39, 0.29) is 40.9 Å². The molecule has 1 aliphatic heterocycles. The Bertz CT molecular complexity index is 1670. The molecule has 3 aromatic rings. The lowest BCUT2D eigenvalue weighted by molar-refractivity contribution is -0.155. The maximum absolute atomic E-state index is 13.8. The molecule has 11 heteroatoms. The Morgan fingerprint density at radius 3 is 2.14 bits per heavy atom. The Balaban J connectivity index is 1.47. The minimum atomic E-state index is -4.13. The summed E-state index contributed by atoms with van der Waals surface area (Å²) in [4.78, 5) is 41.6. The van der Waals surface area contributed by atoms with E-state index in [1.54, 1.807) is 48.2 Å². The van der Waals surface area contributed by atoms with Crippen LogP contribution in [-0.4, -0.2) is 55.3 Å². The highest BCUT2D eigenvalue weighted by Gasteiger charge is 2.50. The lowest BCUT2D eigenvalue weighted by Crippen LogP contribution is -2.60. The third-order valence-corrected chi connectivity index (χ3v) is 9.80. The third kappa shape index (κ3) is 6.98. The number of nitrogens with one attached hydrogen (secondary N) is 2. The smallest absolute Gasteiger partial charge is 0.265 e. The molecule has 1 heterocycles. The first-order valence-electron chi connectivity index (χ1n) is 14.4. The fraction of sp³-hybridized carbons (Fsp3) is 0.364. The van der Waals surface area contributed by atoms with E-state index in [1.807, 2.05) is 32.4 Å². The van der Waals surface area contributed by atoms with Crippen molar-refractivity contribution in [3.8, 4) is 0 Å². The maximum Gasteiger partial charge on any atom is 0.265 e. The summed E-state index contributed by atoms with van der Waals surface area (Å²) in [5, 5.41) is 15.1. The average Bonchev–Trinajstić information content (AvgIpc) is 2.96. The van der Waals surface area contributed by atoms with E-state index in [4.69, 9.17) is 11.6 Å². The molecule has 1 aliphatic rings. The molecule has 2 atom stereocenters. The number of aryl methyl sites for hydroxylation is 1. The number of piperidine rings is 1. The number of amides is 3. The number of aliphatic hydroxyl groups is 1. The van der Waals surface area contributed by atoms with Crippen molar-refractivity contribution in [2.45, 2.75) is 57.6 Å². The molecule has 0 unspecified atom stereocenters. The summed E-state index contributed by atoms with van der Waals surface area (Å²) in [6.07, 6.45) is 0.300. The van der Waals surface area contributed by atoms with Gasteiger partial charge in [-0.3, -0.25) is 14.4 Å². The molecule has 3 N–H and O–H groups in total. The van der Waals surface area contributed by atoms with Gasteiger partial charge in [0.1, 0.15) is 6.04 Å². The van der Waals surface area contributed by atoms with Crippen LogP contribution in [0.2, 0.25) is 5.02 Å². The van der Waals surface area contributed by atoms with Crippen LogP contribution in [-0.2, 0) is 20.4 Å². The summed E-state index contributed by atoms with van der Waals surface area (Å²) in [5.41, 5.74) is -0.373. The number of rotatable bonds is 8. The summed E-state index contributed by atoms with van der Waals surface area (Å²) in [6.45, 7) is 9.73. The normalized spacial score (nSPS) is 18.9. The Morgan fingerprint density at radius 2 is 1.55 bits per heavy atom. The molecule has 3 amide bonds. The van der Waals surface area contributed by atoms with E-state index in [0.717, 1.165) is 11.1 Å². The van der Waals surface area contributed by atoms with E-state index in [0.29, 0.717) is 11.4 Å². The zero-order valence-electron chi connectivity index (χ0n) is 25.4. The van der Waals surface area contributed by atoms with E-state index < -0.39 is 38.9 Å². The lowest BCUT2D eigenvalue weighted by atomic mass is 9.66. The predicted octanol–water partition coefficient (Wildman–Crippen LogP) is 4.67. The van der Waals surface area contributed by atoms with E-state index >= 15 is 0 Å². The van der Waals surface area contributed by atoms with Crippen LogP contribution in [0.5, 0.6) is 0 Å².